The molecule has 1 unspecified atom stereocenters. The van der Waals surface area contributed by atoms with Crippen molar-refractivity contribution in [2.75, 3.05) is 25.1 Å². The summed E-state index contributed by atoms with van der Waals surface area (Å²) in [5, 5.41) is 1.89. The minimum Gasteiger partial charge on any atom is -0.497 e. The summed E-state index contributed by atoms with van der Waals surface area (Å²) in [5.41, 5.74) is 5.28. The smallest absolute Gasteiger partial charge is 0.416 e. The average molecular weight is 646 g/mol. The number of halogens is 3. The molecule has 48 heavy (non-hydrogen) atoms. The second-order valence-electron chi connectivity index (χ2n) is 13.8. The van der Waals surface area contributed by atoms with Crippen LogP contribution in [0.1, 0.15) is 72.9 Å². The van der Waals surface area contributed by atoms with E-state index in [2.05, 4.69) is 53.5 Å². The van der Waals surface area contributed by atoms with Gasteiger partial charge in [-0.15, -0.1) is 0 Å². The zero-order chi connectivity index (χ0) is 33.3. The Morgan fingerprint density at radius 3 is 2.06 bits per heavy atom. The summed E-state index contributed by atoms with van der Waals surface area (Å²) in [6, 6.07) is 29.0. The zero-order valence-corrected chi connectivity index (χ0v) is 27.5. The van der Waals surface area contributed by atoms with Crippen LogP contribution in [0.3, 0.4) is 0 Å². The lowest BCUT2D eigenvalue weighted by Crippen LogP contribution is -2.35. The van der Waals surface area contributed by atoms with Gasteiger partial charge in [0.2, 0.25) is 0 Å². The Morgan fingerprint density at radius 2 is 1.42 bits per heavy atom. The number of hydrogen-bond donors (Lipinski definition) is 0. The number of ether oxygens (including phenoxy) is 2. The number of hydrogen-bond acceptors (Lipinski definition) is 3. The van der Waals surface area contributed by atoms with Crippen LogP contribution in [0.5, 0.6) is 11.5 Å². The minimum atomic E-state index is -4.43. The van der Waals surface area contributed by atoms with Crippen LogP contribution in [0.15, 0.2) is 97.1 Å². The van der Waals surface area contributed by atoms with Gasteiger partial charge in [-0.2, -0.15) is 13.2 Å². The Hall–Kier alpha value is -4.71. The second-order valence-corrected chi connectivity index (χ2v) is 13.8. The number of alkyl halides is 3. The fraction of sp³-hybridized carbons (Fsp3) is 0.286. The summed E-state index contributed by atoms with van der Waals surface area (Å²) < 4.78 is 54.6. The first kappa shape index (κ1) is 30.6. The molecule has 0 aromatic heterocycles. The van der Waals surface area contributed by atoms with Gasteiger partial charge in [-0.1, -0.05) is 87.4 Å². The first-order valence-corrected chi connectivity index (χ1v) is 16.8. The lowest BCUT2D eigenvalue weighted by atomic mass is 9.76. The van der Waals surface area contributed by atoms with Crippen LogP contribution in [0.4, 0.5) is 18.9 Å². The molecule has 1 atom stereocenters. The van der Waals surface area contributed by atoms with Crippen LogP contribution < -0.4 is 14.4 Å². The van der Waals surface area contributed by atoms with Gasteiger partial charge >= 0.3 is 6.18 Å². The SMILES string of the molecule is COc1ccc(C2(c3ccc(N4CCCCCC4)cc3)C=Cc3c4c(c5ccccc5c3O2)-c2ccc(C(F)(F)F)cc2C4(C)C)cc1. The topological polar surface area (TPSA) is 21.7 Å². The van der Waals surface area contributed by atoms with Crippen LogP contribution in [-0.2, 0) is 17.2 Å². The lowest BCUT2D eigenvalue weighted by Gasteiger charge is -2.38. The van der Waals surface area contributed by atoms with Crippen molar-refractivity contribution in [3.05, 3.63) is 130 Å². The molecule has 0 radical (unpaired) electrons. The molecule has 3 nitrogen and oxygen atoms in total. The van der Waals surface area contributed by atoms with E-state index in [0.29, 0.717) is 5.56 Å². The molecule has 3 aliphatic rings. The van der Waals surface area contributed by atoms with E-state index in [1.54, 1.807) is 13.2 Å². The van der Waals surface area contributed by atoms with E-state index in [4.69, 9.17) is 9.47 Å². The highest BCUT2D eigenvalue weighted by atomic mass is 19.4. The molecule has 1 aliphatic carbocycles. The number of anilines is 1. The molecule has 6 heteroatoms. The molecule has 2 aliphatic heterocycles. The summed E-state index contributed by atoms with van der Waals surface area (Å²) in [6.07, 6.45) is 4.78. The predicted octanol–water partition coefficient (Wildman–Crippen LogP) is 10.9. The summed E-state index contributed by atoms with van der Waals surface area (Å²) in [6.45, 7) is 6.17. The molecule has 0 saturated carbocycles. The van der Waals surface area contributed by atoms with Crippen LogP contribution >= 0.6 is 0 Å². The van der Waals surface area contributed by atoms with Gasteiger partial charge in [0, 0.05) is 46.3 Å². The Labute approximate surface area is 279 Å². The minimum absolute atomic E-state index is 0.630. The number of fused-ring (bicyclic) bond motifs is 8. The summed E-state index contributed by atoms with van der Waals surface area (Å²) in [4.78, 5) is 2.48. The van der Waals surface area contributed by atoms with E-state index in [1.165, 1.54) is 43.5 Å². The molecule has 0 spiro atoms. The molecular formula is C42H38F3NO2. The largest absolute Gasteiger partial charge is 0.497 e. The molecule has 244 valence electrons. The molecule has 1 fully saturated rings. The van der Waals surface area contributed by atoms with Gasteiger partial charge in [0.25, 0.3) is 0 Å². The maximum Gasteiger partial charge on any atom is 0.416 e. The number of nitrogens with zero attached hydrogens (tertiary/aromatic N) is 1. The fourth-order valence-electron chi connectivity index (χ4n) is 8.18. The predicted molar refractivity (Wildman–Crippen MR) is 187 cm³/mol. The Balaban J connectivity index is 1.32. The van der Waals surface area contributed by atoms with Crippen molar-refractivity contribution in [1.29, 1.82) is 0 Å². The van der Waals surface area contributed by atoms with Crippen molar-refractivity contribution in [3.63, 3.8) is 0 Å². The van der Waals surface area contributed by atoms with E-state index in [-0.39, 0.29) is 0 Å². The lowest BCUT2D eigenvalue weighted by molar-refractivity contribution is -0.137. The summed E-state index contributed by atoms with van der Waals surface area (Å²) in [5.74, 6) is 1.49. The van der Waals surface area contributed by atoms with Crippen molar-refractivity contribution >= 4 is 22.5 Å². The van der Waals surface area contributed by atoms with E-state index in [1.807, 2.05) is 50.2 Å². The average Bonchev–Trinajstić information content (AvgIpc) is 3.25. The second kappa shape index (κ2) is 11.2. The van der Waals surface area contributed by atoms with Crippen LogP contribution in [0.25, 0.3) is 28.0 Å². The van der Waals surface area contributed by atoms with Crippen LogP contribution in [-0.4, -0.2) is 20.2 Å². The zero-order valence-electron chi connectivity index (χ0n) is 27.5. The molecule has 8 rings (SSSR count). The maximum absolute atomic E-state index is 13.9. The summed E-state index contributed by atoms with van der Waals surface area (Å²) >= 11 is 0. The monoisotopic (exact) mass is 645 g/mol. The molecule has 0 bridgehead atoms. The number of methoxy groups -OCH3 is 1. The molecule has 0 N–H and O–H groups in total. The third-order valence-corrected chi connectivity index (χ3v) is 10.7. The third-order valence-electron chi connectivity index (χ3n) is 10.7. The van der Waals surface area contributed by atoms with Crippen molar-refractivity contribution < 1.29 is 22.6 Å². The van der Waals surface area contributed by atoms with E-state index >= 15 is 0 Å². The van der Waals surface area contributed by atoms with E-state index in [0.717, 1.165) is 68.7 Å². The van der Waals surface area contributed by atoms with Crippen molar-refractivity contribution in [2.24, 2.45) is 0 Å². The first-order chi connectivity index (χ1) is 23.1. The van der Waals surface area contributed by atoms with Crippen molar-refractivity contribution in [1.82, 2.24) is 0 Å². The van der Waals surface area contributed by atoms with Crippen LogP contribution in [0.2, 0.25) is 0 Å². The van der Waals surface area contributed by atoms with Gasteiger partial charge in [-0.05, 0) is 83.0 Å². The normalized spacial score (nSPS) is 19.7. The molecule has 0 amide bonds. The molecule has 5 aromatic carbocycles. The molecule has 1 saturated heterocycles. The van der Waals surface area contributed by atoms with Gasteiger partial charge in [0.15, 0.2) is 5.60 Å². The van der Waals surface area contributed by atoms with E-state index in [9.17, 15) is 13.2 Å². The van der Waals surface area contributed by atoms with Crippen molar-refractivity contribution in [2.45, 2.75) is 56.7 Å². The highest BCUT2D eigenvalue weighted by Crippen LogP contribution is 2.58. The highest BCUT2D eigenvalue weighted by Gasteiger charge is 2.45. The first-order valence-electron chi connectivity index (χ1n) is 16.8. The van der Waals surface area contributed by atoms with E-state index < -0.39 is 22.8 Å². The molecule has 2 heterocycles. The third kappa shape index (κ3) is 4.71. The fourth-order valence-corrected chi connectivity index (χ4v) is 8.18. The Kier molecular flexibility index (Phi) is 7.13. The summed E-state index contributed by atoms with van der Waals surface area (Å²) in [7, 11) is 1.66. The van der Waals surface area contributed by atoms with Gasteiger partial charge in [-0.25, -0.2) is 0 Å². The highest BCUT2D eigenvalue weighted by molar-refractivity contribution is 6.08. The van der Waals surface area contributed by atoms with Crippen LogP contribution in [0, 0.1) is 0 Å². The number of benzene rings is 5. The van der Waals surface area contributed by atoms with Gasteiger partial charge in [0.1, 0.15) is 11.5 Å². The number of rotatable bonds is 4. The standard InChI is InChI=1S/C42H38F3NO2/c1-40(2)36-26-29(42(43,44)45)16-21-34(36)37-32-10-6-7-11-33(32)39-35(38(37)40)22-23-41(48-39,28-14-19-31(47-3)20-15-28)27-12-17-30(18-13-27)46-24-8-4-5-9-25-46/h6-7,10-23,26H,4-5,8-9,24-25H2,1-3H3. The molecular weight excluding hydrogens is 607 g/mol. The Bertz CT molecular complexity index is 2050. The Morgan fingerprint density at radius 1 is 0.771 bits per heavy atom. The maximum atomic E-state index is 13.9. The quantitative estimate of drug-likeness (QED) is 0.194. The van der Waals surface area contributed by atoms with Gasteiger partial charge in [-0.3, -0.25) is 0 Å². The van der Waals surface area contributed by atoms with Gasteiger partial charge < -0.3 is 14.4 Å². The van der Waals surface area contributed by atoms with Gasteiger partial charge in [0.05, 0.1) is 12.7 Å². The molecule has 5 aromatic rings. The van der Waals surface area contributed by atoms with Crippen molar-refractivity contribution in [3.8, 4) is 22.6 Å².